The fraction of sp³-hybridized carbons (Fsp3) is 0.304. The number of rotatable bonds is 5. The minimum absolute atomic E-state index is 0.174. The largest absolute Gasteiger partial charge is 0.457 e. The summed E-state index contributed by atoms with van der Waals surface area (Å²) in [5.74, 6) is -1.88. The molecule has 3 aromatic rings. The van der Waals surface area contributed by atoms with Gasteiger partial charge in [-0.3, -0.25) is 0 Å². The van der Waals surface area contributed by atoms with Gasteiger partial charge in [0.15, 0.2) is 0 Å². The number of morpholine rings is 1. The third-order valence-electron chi connectivity index (χ3n) is 5.66. The number of hydrogen-bond acceptors (Lipinski definition) is 6. The van der Waals surface area contributed by atoms with Gasteiger partial charge in [-0.1, -0.05) is 23.7 Å². The molecular formula is C23H22ClFN2O5S. The predicted molar refractivity (Wildman–Crippen MR) is 121 cm³/mol. The molecule has 0 bridgehead atoms. The Hall–Kier alpha value is -2.59. The molecule has 33 heavy (non-hydrogen) atoms. The number of benzene rings is 2. The normalized spacial score (nSPS) is 15.0. The van der Waals surface area contributed by atoms with Crippen molar-refractivity contribution in [1.82, 2.24) is 9.29 Å². The topological polar surface area (TPSA) is 85.8 Å². The highest BCUT2D eigenvalue weighted by Crippen LogP contribution is 2.26. The molecule has 1 aliphatic heterocycles. The Labute approximate surface area is 196 Å². The van der Waals surface area contributed by atoms with E-state index in [-0.39, 0.29) is 43.0 Å². The minimum atomic E-state index is -3.89. The molecule has 1 aromatic heterocycles. The molecule has 10 heteroatoms. The third-order valence-corrected chi connectivity index (χ3v) is 7.88. The van der Waals surface area contributed by atoms with Crippen molar-refractivity contribution in [1.29, 1.82) is 0 Å². The summed E-state index contributed by atoms with van der Waals surface area (Å²) in [4.78, 5) is 16.8. The van der Waals surface area contributed by atoms with E-state index in [1.807, 2.05) is 26.0 Å². The monoisotopic (exact) mass is 492 g/mol. The van der Waals surface area contributed by atoms with Gasteiger partial charge in [-0.15, -0.1) is 0 Å². The first kappa shape index (κ1) is 23.6. The van der Waals surface area contributed by atoms with Crippen molar-refractivity contribution in [2.24, 2.45) is 0 Å². The van der Waals surface area contributed by atoms with E-state index in [0.29, 0.717) is 5.56 Å². The number of aromatic nitrogens is 1. The number of pyridine rings is 1. The molecule has 1 aliphatic rings. The van der Waals surface area contributed by atoms with Gasteiger partial charge in [0.25, 0.3) is 0 Å². The summed E-state index contributed by atoms with van der Waals surface area (Å²) in [6.45, 7) is 4.60. The molecular weight excluding hydrogens is 471 g/mol. The molecule has 7 nitrogen and oxygen atoms in total. The summed E-state index contributed by atoms with van der Waals surface area (Å²) in [6, 6.07) is 8.69. The Morgan fingerprint density at radius 2 is 1.91 bits per heavy atom. The first-order valence-electron chi connectivity index (χ1n) is 10.3. The highest BCUT2D eigenvalue weighted by atomic mass is 35.5. The van der Waals surface area contributed by atoms with Crippen molar-refractivity contribution in [2.75, 3.05) is 26.3 Å². The van der Waals surface area contributed by atoms with Crippen LogP contribution in [0.5, 0.6) is 0 Å². The summed E-state index contributed by atoms with van der Waals surface area (Å²) in [7, 11) is -3.89. The second-order valence-electron chi connectivity index (χ2n) is 7.75. The lowest BCUT2D eigenvalue weighted by atomic mass is 10.0. The average Bonchev–Trinajstić information content (AvgIpc) is 2.81. The van der Waals surface area contributed by atoms with Gasteiger partial charge in [-0.05, 0) is 49.2 Å². The highest BCUT2D eigenvalue weighted by Gasteiger charge is 2.28. The number of esters is 1. The van der Waals surface area contributed by atoms with E-state index in [1.165, 1.54) is 4.31 Å². The first-order chi connectivity index (χ1) is 15.7. The summed E-state index contributed by atoms with van der Waals surface area (Å²) in [5, 5.41) is 1.01. The fourth-order valence-corrected chi connectivity index (χ4v) is 5.21. The summed E-state index contributed by atoms with van der Waals surface area (Å²) >= 11 is 6.29. The average molecular weight is 493 g/mol. The maximum absolute atomic E-state index is 14.4. The van der Waals surface area contributed by atoms with Crippen LogP contribution in [0.1, 0.15) is 27.0 Å². The van der Waals surface area contributed by atoms with E-state index in [0.717, 1.165) is 40.2 Å². The van der Waals surface area contributed by atoms with Crippen LogP contribution in [0.15, 0.2) is 41.3 Å². The molecule has 0 radical (unpaired) electrons. The zero-order valence-electron chi connectivity index (χ0n) is 18.1. The smallest absolute Gasteiger partial charge is 0.341 e. The predicted octanol–water partition coefficient (Wildman–Crippen LogP) is 4.02. The van der Waals surface area contributed by atoms with E-state index in [2.05, 4.69) is 4.98 Å². The maximum Gasteiger partial charge on any atom is 0.341 e. The molecule has 2 aromatic carbocycles. The number of nitrogens with zero attached hydrogens (tertiary/aromatic N) is 2. The number of ether oxygens (including phenoxy) is 2. The number of aryl methyl sites for hydroxylation is 2. The number of fused-ring (bicyclic) bond motifs is 1. The van der Waals surface area contributed by atoms with E-state index in [4.69, 9.17) is 21.1 Å². The first-order valence-corrected chi connectivity index (χ1v) is 12.1. The Kier molecular flexibility index (Phi) is 6.67. The van der Waals surface area contributed by atoms with E-state index in [1.54, 1.807) is 6.07 Å². The van der Waals surface area contributed by atoms with E-state index in [9.17, 15) is 17.6 Å². The Morgan fingerprint density at radius 3 is 2.64 bits per heavy atom. The second kappa shape index (κ2) is 9.34. The number of hydrogen-bond donors (Lipinski definition) is 0. The standard InChI is InChI=1S/C23H22ClFN2O5S/c1-14-3-4-16-11-17(22(24)26-21(16)15(14)2)13-32-23(28)19-12-18(5-6-20(19)25)33(29,30)27-7-9-31-10-8-27/h3-6,11-12H,7-10,13H2,1-2H3. The highest BCUT2D eigenvalue weighted by molar-refractivity contribution is 7.89. The van der Waals surface area contributed by atoms with Crippen LogP contribution in [0.2, 0.25) is 5.15 Å². The van der Waals surface area contributed by atoms with E-state index < -0.39 is 27.4 Å². The van der Waals surface area contributed by atoms with Gasteiger partial charge in [0.05, 0.1) is 29.2 Å². The molecule has 0 aliphatic carbocycles. The van der Waals surface area contributed by atoms with Crippen LogP contribution in [-0.4, -0.2) is 50.0 Å². The summed E-state index contributed by atoms with van der Waals surface area (Å²) in [6.07, 6.45) is 0. The van der Waals surface area contributed by atoms with Crippen molar-refractivity contribution in [2.45, 2.75) is 25.3 Å². The molecule has 0 unspecified atom stereocenters. The molecule has 4 rings (SSSR count). The lowest BCUT2D eigenvalue weighted by Gasteiger charge is -2.26. The number of carbonyl (C=O) groups excluding carboxylic acids is 1. The number of carbonyl (C=O) groups is 1. The van der Waals surface area contributed by atoms with Crippen LogP contribution in [0.25, 0.3) is 10.9 Å². The SMILES string of the molecule is Cc1ccc2cc(COC(=O)c3cc(S(=O)(=O)N4CCOCC4)ccc3F)c(Cl)nc2c1C. The van der Waals surface area contributed by atoms with Crippen LogP contribution in [0.4, 0.5) is 4.39 Å². The van der Waals surface area contributed by atoms with Crippen molar-refractivity contribution >= 4 is 38.5 Å². The van der Waals surface area contributed by atoms with Gasteiger partial charge in [0.2, 0.25) is 10.0 Å². The molecule has 1 fully saturated rings. The summed E-state index contributed by atoms with van der Waals surface area (Å²) in [5.41, 5.74) is 2.81. The zero-order valence-corrected chi connectivity index (χ0v) is 19.7. The minimum Gasteiger partial charge on any atom is -0.457 e. The van der Waals surface area contributed by atoms with Crippen molar-refractivity contribution in [3.05, 3.63) is 69.6 Å². The molecule has 0 atom stereocenters. The van der Waals surface area contributed by atoms with Gasteiger partial charge in [-0.25, -0.2) is 22.6 Å². The van der Waals surface area contributed by atoms with Crippen LogP contribution < -0.4 is 0 Å². The number of sulfonamides is 1. The van der Waals surface area contributed by atoms with Crippen molar-refractivity contribution < 1.29 is 27.1 Å². The molecule has 0 amide bonds. The molecule has 1 saturated heterocycles. The lowest BCUT2D eigenvalue weighted by molar-refractivity contribution is 0.0467. The van der Waals surface area contributed by atoms with Gasteiger partial charge in [0, 0.05) is 24.0 Å². The lowest BCUT2D eigenvalue weighted by Crippen LogP contribution is -2.40. The molecule has 174 valence electrons. The van der Waals surface area contributed by atoms with Crippen LogP contribution >= 0.6 is 11.6 Å². The number of halogens is 2. The third kappa shape index (κ3) is 4.72. The van der Waals surface area contributed by atoms with Crippen molar-refractivity contribution in [3.63, 3.8) is 0 Å². The molecule has 2 heterocycles. The van der Waals surface area contributed by atoms with Gasteiger partial charge < -0.3 is 9.47 Å². The van der Waals surface area contributed by atoms with Gasteiger partial charge >= 0.3 is 5.97 Å². The second-order valence-corrected chi connectivity index (χ2v) is 10.0. The Morgan fingerprint density at radius 1 is 1.18 bits per heavy atom. The van der Waals surface area contributed by atoms with Crippen LogP contribution in [-0.2, 0) is 26.1 Å². The molecule has 0 spiro atoms. The van der Waals surface area contributed by atoms with Crippen LogP contribution in [0.3, 0.4) is 0 Å². The quantitative estimate of drug-likeness (QED) is 0.395. The van der Waals surface area contributed by atoms with Gasteiger partial charge in [-0.2, -0.15) is 4.31 Å². The molecule has 0 saturated carbocycles. The molecule has 0 N–H and O–H groups in total. The summed E-state index contributed by atoms with van der Waals surface area (Å²) < 4.78 is 51.7. The zero-order chi connectivity index (χ0) is 23.8. The van der Waals surface area contributed by atoms with Gasteiger partial charge in [0.1, 0.15) is 17.6 Å². The van der Waals surface area contributed by atoms with Crippen LogP contribution in [0, 0.1) is 19.7 Å². The van der Waals surface area contributed by atoms with Crippen molar-refractivity contribution in [3.8, 4) is 0 Å². The fourth-order valence-electron chi connectivity index (χ4n) is 3.58. The maximum atomic E-state index is 14.4. The Balaban J connectivity index is 1.56. The van der Waals surface area contributed by atoms with E-state index >= 15 is 0 Å². The Bertz CT molecular complexity index is 1340.